The Morgan fingerprint density at radius 2 is 1.49 bits per heavy atom. The first kappa shape index (κ1) is 32.0. The fourth-order valence-corrected chi connectivity index (χ4v) is 7.76. The van der Waals surface area contributed by atoms with Gasteiger partial charge in [0.2, 0.25) is 16.0 Å². The predicted molar refractivity (Wildman–Crippen MR) is 168 cm³/mol. The molecule has 0 radical (unpaired) electrons. The van der Waals surface area contributed by atoms with Crippen molar-refractivity contribution in [2.45, 2.75) is 93.3 Å². The van der Waals surface area contributed by atoms with Crippen molar-refractivity contribution >= 4 is 69.4 Å². The first-order chi connectivity index (χ1) is 18.9. The summed E-state index contributed by atoms with van der Waals surface area (Å²) in [7, 11) is -3.56. The third-order valence-electron chi connectivity index (χ3n) is 8.49. The van der Waals surface area contributed by atoms with E-state index in [1.54, 1.807) is 28.6 Å². The van der Waals surface area contributed by atoms with Gasteiger partial charge in [-0.15, -0.1) is 24.8 Å². The molecular formula is C27H39Cl3N8O2S. The Morgan fingerprint density at radius 3 is 2.15 bits per heavy atom. The second-order valence-corrected chi connectivity index (χ2v) is 13.6. The van der Waals surface area contributed by atoms with Gasteiger partial charge in [-0.2, -0.15) is 14.3 Å². The van der Waals surface area contributed by atoms with Crippen LogP contribution in [0.25, 0.3) is 11.2 Å². The van der Waals surface area contributed by atoms with Crippen LogP contribution in [0.4, 0.5) is 11.8 Å². The first-order valence-electron chi connectivity index (χ1n) is 14.2. The maximum atomic E-state index is 13.1. The SMILES string of the molecule is Cl.Cl.N[C@H]1CC[C@H](Nc2nc(NC3CCN(S(=O)(=O)c4ccc(Cl)cc4)CC3)c3ncn(C4CCCC4)c3n2)CC1. The molecule has 2 saturated carbocycles. The van der Waals surface area contributed by atoms with Crippen LogP contribution in [0.15, 0.2) is 35.5 Å². The van der Waals surface area contributed by atoms with Gasteiger partial charge in [0.25, 0.3) is 0 Å². The summed E-state index contributed by atoms with van der Waals surface area (Å²) in [5.41, 5.74) is 7.75. The van der Waals surface area contributed by atoms with E-state index < -0.39 is 10.0 Å². The Hall–Kier alpha value is -1.89. The summed E-state index contributed by atoms with van der Waals surface area (Å²) in [5, 5.41) is 7.70. The Kier molecular flexibility index (Phi) is 10.6. The van der Waals surface area contributed by atoms with E-state index >= 15 is 0 Å². The number of aromatic nitrogens is 4. The number of anilines is 2. The van der Waals surface area contributed by atoms with Crippen LogP contribution in [0.3, 0.4) is 0 Å². The number of nitrogens with two attached hydrogens (primary N) is 1. The molecule has 10 nitrogen and oxygen atoms in total. The molecule has 1 aromatic carbocycles. The maximum Gasteiger partial charge on any atom is 0.243 e. The number of hydrogen-bond donors (Lipinski definition) is 3. The van der Waals surface area contributed by atoms with Crippen molar-refractivity contribution in [1.29, 1.82) is 0 Å². The number of benzene rings is 1. The third kappa shape index (κ3) is 7.02. The van der Waals surface area contributed by atoms with E-state index in [0.29, 0.717) is 54.8 Å². The van der Waals surface area contributed by atoms with Crippen molar-refractivity contribution in [3.8, 4) is 0 Å². The molecular weight excluding hydrogens is 607 g/mol. The standard InChI is InChI=1S/C27H37ClN8O2S.2ClH/c28-18-5-11-23(12-6-18)39(37,38)35-15-13-21(14-16-35)31-25-24-26(36(17-30-24)22-3-1-2-4-22)34-27(33-25)32-20-9-7-19(29)8-10-20;;/h5-6,11-12,17,19-22H,1-4,7-10,13-16,29H2,(H2,31,32,33,34);2*1H/t19-,20-;;. The quantitative estimate of drug-likeness (QED) is 0.312. The summed E-state index contributed by atoms with van der Waals surface area (Å²) >= 11 is 5.95. The number of hydrogen-bond acceptors (Lipinski definition) is 8. The van der Waals surface area contributed by atoms with Crippen LogP contribution in [-0.2, 0) is 10.0 Å². The van der Waals surface area contributed by atoms with Gasteiger partial charge in [-0.1, -0.05) is 24.4 Å². The molecule has 3 fully saturated rings. The molecule has 0 amide bonds. The van der Waals surface area contributed by atoms with Gasteiger partial charge in [0.1, 0.15) is 0 Å². The summed E-state index contributed by atoms with van der Waals surface area (Å²) in [5.74, 6) is 1.33. The van der Waals surface area contributed by atoms with Crippen LogP contribution in [0.5, 0.6) is 0 Å². The minimum atomic E-state index is -3.56. The van der Waals surface area contributed by atoms with E-state index in [9.17, 15) is 8.42 Å². The van der Waals surface area contributed by atoms with Crippen molar-refractivity contribution in [3.63, 3.8) is 0 Å². The largest absolute Gasteiger partial charge is 0.365 e. The van der Waals surface area contributed by atoms with Crippen LogP contribution >= 0.6 is 36.4 Å². The van der Waals surface area contributed by atoms with Gasteiger partial charge < -0.3 is 20.9 Å². The number of piperidine rings is 1. The molecule has 1 aliphatic heterocycles. The van der Waals surface area contributed by atoms with Crippen molar-refractivity contribution in [1.82, 2.24) is 23.8 Å². The molecule has 0 atom stereocenters. The number of nitrogens with one attached hydrogen (secondary N) is 2. The number of nitrogens with zero attached hydrogens (tertiary/aromatic N) is 5. The Morgan fingerprint density at radius 1 is 0.854 bits per heavy atom. The van der Waals surface area contributed by atoms with E-state index in [4.69, 9.17) is 32.3 Å². The molecule has 0 bridgehead atoms. The molecule has 1 saturated heterocycles. The van der Waals surface area contributed by atoms with Gasteiger partial charge in [0.15, 0.2) is 17.0 Å². The van der Waals surface area contributed by atoms with E-state index in [1.807, 2.05) is 6.33 Å². The monoisotopic (exact) mass is 644 g/mol. The highest BCUT2D eigenvalue weighted by molar-refractivity contribution is 7.89. The summed E-state index contributed by atoms with van der Waals surface area (Å²) in [4.78, 5) is 14.8. The van der Waals surface area contributed by atoms with Crippen LogP contribution in [0.2, 0.25) is 5.02 Å². The number of fused-ring (bicyclic) bond motifs is 1. The zero-order chi connectivity index (χ0) is 27.0. The predicted octanol–water partition coefficient (Wildman–Crippen LogP) is 5.39. The third-order valence-corrected chi connectivity index (χ3v) is 10.7. The minimum absolute atomic E-state index is 0. The molecule has 3 aliphatic rings. The maximum absolute atomic E-state index is 13.1. The van der Waals surface area contributed by atoms with E-state index in [0.717, 1.165) is 49.7 Å². The van der Waals surface area contributed by atoms with Crippen LogP contribution < -0.4 is 16.4 Å². The molecule has 2 aliphatic carbocycles. The van der Waals surface area contributed by atoms with Gasteiger partial charge in [-0.05, 0) is 75.6 Å². The van der Waals surface area contributed by atoms with E-state index in [1.165, 1.54) is 12.8 Å². The average molecular weight is 646 g/mol. The Labute approximate surface area is 259 Å². The van der Waals surface area contributed by atoms with Gasteiger partial charge >= 0.3 is 0 Å². The fraction of sp³-hybridized carbons (Fsp3) is 0.593. The van der Waals surface area contributed by atoms with Crippen LogP contribution in [0.1, 0.15) is 70.3 Å². The Balaban J connectivity index is 0.00000194. The smallest absolute Gasteiger partial charge is 0.243 e. The van der Waals surface area contributed by atoms with Crippen molar-refractivity contribution < 1.29 is 8.42 Å². The molecule has 0 unspecified atom stereocenters. The van der Waals surface area contributed by atoms with Gasteiger partial charge in [0, 0.05) is 42.3 Å². The molecule has 0 spiro atoms. The molecule has 3 aromatic rings. The van der Waals surface area contributed by atoms with Crippen LogP contribution in [0, 0.1) is 0 Å². The number of halogens is 3. The average Bonchev–Trinajstić information content (AvgIpc) is 3.61. The second-order valence-electron chi connectivity index (χ2n) is 11.2. The highest BCUT2D eigenvalue weighted by Gasteiger charge is 2.31. The topological polar surface area (TPSA) is 131 Å². The lowest BCUT2D eigenvalue weighted by molar-refractivity contribution is 0.329. The summed E-state index contributed by atoms with van der Waals surface area (Å²) in [6.07, 6.45) is 12.0. The van der Waals surface area contributed by atoms with Crippen molar-refractivity contribution in [2.75, 3.05) is 23.7 Å². The summed E-state index contributed by atoms with van der Waals surface area (Å²) in [6, 6.07) is 7.43. The van der Waals surface area contributed by atoms with Crippen molar-refractivity contribution in [3.05, 3.63) is 35.6 Å². The fourth-order valence-electron chi connectivity index (χ4n) is 6.17. The van der Waals surface area contributed by atoms with Crippen molar-refractivity contribution in [2.24, 2.45) is 5.73 Å². The lowest BCUT2D eigenvalue weighted by Crippen LogP contribution is -2.42. The normalized spacial score (nSPS) is 22.7. The number of imidazole rings is 1. The highest BCUT2D eigenvalue weighted by atomic mass is 35.5. The molecule has 14 heteroatoms. The summed E-state index contributed by atoms with van der Waals surface area (Å²) < 4.78 is 30.0. The molecule has 226 valence electrons. The molecule has 2 aromatic heterocycles. The molecule has 6 rings (SSSR count). The number of sulfonamides is 1. The highest BCUT2D eigenvalue weighted by Crippen LogP contribution is 2.34. The van der Waals surface area contributed by atoms with Gasteiger partial charge in [0.05, 0.1) is 11.2 Å². The minimum Gasteiger partial charge on any atom is -0.365 e. The van der Waals surface area contributed by atoms with Gasteiger partial charge in [-0.3, -0.25) is 0 Å². The van der Waals surface area contributed by atoms with E-state index in [2.05, 4.69) is 15.2 Å². The number of rotatable bonds is 7. The lowest BCUT2D eigenvalue weighted by Gasteiger charge is -2.32. The lowest BCUT2D eigenvalue weighted by atomic mass is 9.92. The molecule has 3 heterocycles. The van der Waals surface area contributed by atoms with Gasteiger partial charge in [-0.25, -0.2) is 13.4 Å². The Bertz CT molecular complexity index is 1400. The summed E-state index contributed by atoms with van der Waals surface area (Å²) in [6.45, 7) is 0.863. The molecule has 4 N–H and O–H groups in total. The zero-order valence-electron chi connectivity index (χ0n) is 22.9. The van der Waals surface area contributed by atoms with Crippen LogP contribution in [-0.4, -0.2) is 63.5 Å². The second kappa shape index (κ2) is 13.6. The molecule has 41 heavy (non-hydrogen) atoms. The van der Waals surface area contributed by atoms with E-state index in [-0.39, 0.29) is 41.8 Å². The first-order valence-corrected chi connectivity index (χ1v) is 16.0. The zero-order valence-corrected chi connectivity index (χ0v) is 26.1.